The van der Waals surface area contributed by atoms with Gasteiger partial charge in [-0.05, 0) is 48.5 Å². The van der Waals surface area contributed by atoms with Crippen LogP contribution in [-0.4, -0.2) is 49.1 Å². The predicted octanol–water partition coefficient (Wildman–Crippen LogP) is 5.72. The minimum atomic E-state index is -4.86. The highest BCUT2D eigenvalue weighted by atomic mass is 35.5. The molecule has 1 aliphatic rings. The van der Waals surface area contributed by atoms with Crippen LogP contribution in [-0.2, 0) is 4.79 Å². The standard InChI is InChI=1S/C23H18Cl2F3N3O3/c24-17-3-1-2-16(20(17)25)18-8-9-19(34-18)21(32)29-14-4-6-15(7-5-14)30-10-12-31(13-11-30)22(33)23(26,27)28/h1-9H,10-13H2,(H,29,32). The lowest BCUT2D eigenvalue weighted by Gasteiger charge is -2.36. The molecule has 2 aromatic carbocycles. The minimum Gasteiger partial charge on any atom is -0.451 e. The van der Waals surface area contributed by atoms with Gasteiger partial charge in [0, 0.05) is 43.1 Å². The number of benzene rings is 2. The Labute approximate surface area is 202 Å². The van der Waals surface area contributed by atoms with E-state index in [2.05, 4.69) is 5.32 Å². The van der Waals surface area contributed by atoms with Crippen LogP contribution in [0.25, 0.3) is 11.3 Å². The Balaban J connectivity index is 1.36. The summed E-state index contributed by atoms with van der Waals surface area (Å²) in [5.74, 6) is -1.79. The second kappa shape index (κ2) is 9.60. The Kier molecular flexibility index (Phi) is 6.77. The number of carbonyl (C=O) groups excluding carboxylic acids is 2. The van der Waals surface area contributed by atoms with Crippen molar-refractivity contribution < 1.29 is 27.2 Å². The van der Waals surface area contributed by atoms with Crippen LogP contribution in [0.1, 0.15) is 10.6 Å². The molecule has 11 heteroatoms. The number of nitrogens with one attached hydrogen (secondary N) is 1. The van der Waals surface area contributed by atoms with Crippen LogP contribution < -0.4 is 10.2 Å². The van der Waals surface area contributed by atoms with E-state index in [0.29, 0.717) is 27.1 Å². The first-order chi connectivity index (χ1) is 16.1. The Morgan fingerprint density at radius 1 is 0.912 bits per heavy atom. The SMILES string of the molecule is O=C(Nc1ccc(N2CCN(C(=O)C(F)(F)F)CC2)cc1)c1ccc(-c2cccc(Cl)c2Cl)o1. The molecule has 34 heavy (non-hydrogen) atoms. The van der Waals surface area contributed by atoms with Gasteiger partial charge in [-0.3, -0.25) is 9.59 Å². The molecular weight excluding hydrogens is 494 g/mol. The number of nitrogens with zero attached hydrogens (tertiary/aromatic N) is 2. The summed E-state index contributed by atoms with van der Waals surface area (Å²) in [5.41, 5.74) is 1.85. The molecule has 1 aromatic heterocycles. The average Bonchev–Trinajstić information content (AvgIpc) is 3.31. The fourth-order valence-electron chi connectivity index (χ4n) is 3.59. The number of alkyl halides is 3. The van der Waals surface area contributed by atoms with E-state index in [0.717, 1.165) is 10.6 Å². The molecule has 0 saturated carbocycles. The van der Waals surface area contributed by atoms with Crippen molar-refractivity contribution in [1.29, 1.82) is 0 Å². The lowest BCUT2D eigenvalue weighted by Crippen LogP contribution is -2.52. The summed E-state index contributed by atoms with van der Waals surface area (Å²) in [4.78, 5) is 26.6. The molecule has 0 unspecified atom stereocenters. The molecular formula is C23H18Cl2F3N3O3. The molecule has 6 nitrogen and oxygen atoms in total. The fourth-order valence-corrected chi connectivity index (χ4v) is 3.99. The molecule has 2 heterocycles. The van der Waals surface area contributed by atoms with Gasteiger partial charge >= 0.3 is 12.1 Å². The third-order valence-electron chi connectivity index (χ3n) is 5.35. The molecule has 1 fully saturated rings. The zero-order valence-electron chi connectivity index (χ0n) is 17.5. The maximum Gasteiger partial charge on any atom is 0.471 e. The van der Waals surface area contributed by atoms with Gasteiger partial charge in [0.25, 0.3) is 5.91 Å². The molecule has 0 aliphatic carbocycles. The quantitative estimate of drug-likeness (QED) is 0.486. The molecule has 3 aromatic rings. The van der Waals surface area contributed by atoms with Gasteiger partial charge in [0.05, 0.1) is 10.0 Å². The first-order valence-corrected chi connectivity index (χ1v) is 11.0. The van der Waals surface area contributed by atoms with Crippen molar-refractivity contribution in [1.82, 2.24) is 4.90 Å². The normalized spacial score (nSPS) is 14.3. The van der Waals surface area contributed by atoms with Gasteiger partial charge in [0.1, 0.15) is 5.76 Å². The second-order valence-corrected chi connectivity index (χ2v) is 8.33. The van der Waals surface area contributed by atoms with E-state index >= 15 is 0 Å². The zero-order chi connectivity index (χ0) is 24.5. The molecule has 4 rings (SSSR count). The van der Waals surface area contributed by atoms with Crippen molar-refractivity contribution in [3.8, 4) is 11.3 Å². The van der Waals surface area contributed by atoms with Crippen LogP contribution in [0.5, 0.6) is 0 Å². The van der Waals surface area contributed by atoms with Gasteiger partial charge in [-0.25, -0.2) is 0 Å². The van der Waals surface area contributed by atoms with E-state index in [1.807, 2.05) is 4.90 Å². The van der Waals surface area contributed by atoms with Crippen LogP contribution >= 0.6 is 23.2 Å². The summed E-state index contributed by atoms with van der Waals surface area (Å²) in [6.45, 7) is 0.506. The number of carbonyl (C=O) groups is 2. The highest BCUT2D eigenvalue weighted by molar-refractivity contribution is 6.43. The van der Waals surface area contributed by atoms with Gasteiger partial charge < -0.3 is 19.5 Å². The van der Waals surface area contributed by atoms with E-state index < -0.39 is 18.0 Å². The molecule has 1 saturated heterocycles. The van der Waals surface area contributed by atoms with Crippen molar-refractivity contribution in [2.75, 3.05) is 36.4 Å². The third kappa shape index (κ3) is 5.15. The van der Waals surface area contributed by atoms with Gasteiger partial charge in [0.15, 0.2) is 5.76 Å². The fraction of sp³-hybridized carbons (Fsp3) is 0.217. The summed E-state index contributed by atoms with van der Waals surface area (Å²) in [6.07, 6.45) is -4.86. The number of hydrogen-bond donors (Lipinski definition) is 1. The van der Waals surface area contributed by atoms with Crippen molar-refractivity contribution in [2.24, 2.45) is 0 Å². The van der Waals surface area contributed by atoms with Gasteiger partial charge in [-0.15, -0.1) is 0 Å². The summed E-state index contributed by atoms with van der Waals surface area (Å²) in [6, 6.07) is 15.1. The lowest BCUT2D eigenvalue weighted by molar-refractivity contribution is -0.185. The van der Waals surface area contributed by atoms with Gasteiger partial charge in [0.2, 0.25) is 0 Å². The molecule has 0 radical (unpaired) electrons. The average molecular weight is 512 g/mol. The first kappa shape index (κ1) is 24.0. The van der Waals surface area contributed by atoms with Crippen LogP contribution in [0.3, 0.4) is 0 Å². The summed E-state index contributed by atoms with van der Waals surface area (Å²) in [5, 5.41) is 3.42. The second-order valence-electron chi connectivity index (χ2n) is 7.54. The summed E-state index contributed by atoms with van der Waals surface area (Å²) in [7, 11) is 0. The van der Waals surface area contributed by atoms with E-state index in [4.69, 9.17) is 27.6 Å². The number of amides is 2. The number of halogens is 5. The van der Waals surface area contributed by atoms with Crippen LogP contribution in [0.2, 0.25) is 10.0 Å². The lowest BCUT2D eigenvalue weighted by atomic mass is 10.2. The molecule has 1 N–H and O–H groups in total. The topological polar surface area (TPSA) is 65.8 Å². The molecule has 0 spiro atoms. The van der Waals surface area contributed by atoms with Gasteiger partial charge in [-0.2, -0.15) is 13.2 Å². The maximum absolute atomic E-state index is 12.6. The number of piperazine rings is 1. The minimum absolute atomic E-state index is 0.0195. The van der Waals surface area contributed by atoms with E-state index in [1.54, 1.807) is 48.5 Å². The Bertz CT molecular complexity index is 1200. The van der Waals surface area contributed by atoms with E-state index in [-0.39, 0.29) is 31.9 Å². The number of furan rings is 1. The number of hydrogen-bond acceptors (Lipinski definition) is 4. The Morgan fingerprint density at radius 2 is 1.59 bits per heavy atom. The van der Waals surface area contributed by atoms with Gasteiger partial charge in [-0.1, -0.05) is 29.3 Å². The first-order valence-electron chi connectivity index (χ1n) is 10.2. The molecule has 0 atom stereocenters. The van der Waals surface area contributed by atoms with Crippen LogP contribution in [0, 0.1) is 0 Å². The Hall–Kier alpha value is -3.17. The largest absolute Gasteiger partial charge is 0.471 e. The molecule has 1 aliphatic heterocycles. The highest BCUT2D eigenvalue weighted by Crippen LogP contribution is 2.34. The molecule has 0 bridgehead atoms. The zero-order valence-corrected chi connectivity index (χ0v) is 19.0. The molecule has 178 valence electrons. The smallest absolute Gasteiger partial charge is 0.451 e. The summed E-state index contributed by atoms with van der Waals surface area (Å²) >= 11 is 12.2. The maximum atomic E-state index is 12.6. The third-order valence-corrected chi connectivity index (χ3v) is 6.17. The van der Waals surface area contributed by atoms with Crippen molar-refractivity contribution in [3.63, 3.8) is 0 Å². The number of anilines is 2. The van der Waals surface area contributed by atoms with E-state index in [9.17, 15) is 22.8 Å². The van der Waals surface area contributed by atoms with Crippen LogP contribution in [0.4, 0.5) is 24.5 Å². The van der Waals surface area contributed by atoms with E-state index in [1.165, 1.54) is 6.07 Å². The van der Waals surface area contributed by atoms with Crippen molar-refractivity contribution in [3.05, 3.63) is 70.4 Å². The Morgan fingerprint density at radius 3 is 2.24 bits per heavy atom. The van der Waals surface area contributed by atoms with Crippen molar-refractivity contribution >= 4 is 46.4 Å². The van der Waals surface area contributed by atoms with Crippen molar-refractivity contribution in [2.45, 2.75) is 6.18 Å². The van der Waals surface area contributed by atoms with Crippen LogP contribution in [0.15, 0.2) is 59.0 Å². The molecule has 2 amide bonds. The predicted molar refractivity (Wildman–Crippen MR) is 123 cm³/mol. The number of rotatable bonds is 4. The monoisotopic (exact) mass is 511 g/mol. The summed E-state index contributed by atoms with van der Waals surface area (Å²) < 4.78 is 43.4. The highest BCUT2D eigenvalue weighted by Gasteiger charge is 2.43.